The summed E-state index contributed by atoms with van der Waals surface area (Å²) in [5.41, 5.74) is 8.57. The third kappa shape index (κ3) is 5.58. The number of aromatic nitrogens is 4. The van der Waals surface area contributed by atoms with Gasteiger partial charge in [0, 0.05) is 12.6 Å². The van der Waals surface area contributed by atoms with Crippen LogP contribution in [0.15, 0.2) is 6.20 Å². The molecule has 200 valence electrons. The zero-order valence-electron chi connectivity index (χ0n) is 20.4. The average Bonchev–Trinajstić information content (AvgIpc) is 3.18. The highest BCUT2D eigenvalue weighted by Crippen LogP contribution is 2.41. The molecule has 1 fully saturated rings. The summed E-state index contributed by atoms with van der Waals surface area (Å²) >= 11 is 0. The van der Waals surface area contributed by atoms with Gasteiger partial charge in [-0.05, 0) is 37.5 Å². The van der Waals surface area contributed by atoms with Crippen LogP contribution in [0.5, 0.6) is 0 Å². The molecule has 0 aromatic carbocycles. The van der Waals surface area contributed by atoms with E-state index >= 15 is 0 Å². The molecule has 1 saturated carbocycles. The number of esters is 1. The second-order valence-corrected chi connectivity index (χ2v) is 10.1. The number of amides is 1. The maximum absolute atomic E-state index is 13.8. The normalized spacial score (nSPS) is 18.7. The number of primary amides is 1. The summed E-state index contributed by atoms with van der Waals surface area (Å²) in [6.07, 6.45) is -1.29. The van der Waals surface area contributed by atoms with Crippen LogP contribution >= 0.6 is 0 Å². The number of alkyl halides is 3. The van der Waals surface area contributed by atoms with E-state index in [1.807, 2.05) is 0 Å². The molecule has 0 radical (unpaired) electrons. The molecule has 4 rings (SSSR count). The first-order valence-electron chi connectivity index (χ1n) is 11.9. The number of nitrogens with one attached hydrogen (secondary N) is 1. The van der Waals surface area contributed by atoms with Crippen LogP contribution in [0.1, 0.15) is 84.5 Å². The molecule has 0 aliphatic heterocycles. The maximum Gasteiger partial charge on any atom is 0.435 e. The Morgan fingerprint density at radius 2 is 1.89 bits per heavy atom. The number of fused-ring (bicyclic) bond motifs is 1. The predicted molar refractivity (Wildman–Crippen MR) is 124 cm³/mol. The van der Waals surface area contributed by atoms with Crippen LogP contribution in [0.3, 0.4) is 0 Å². The summed E-state index contributed by atoms with van der Waals surface area (Å²) < 4.78 is 47.5. The minimum atomic E-state index is -4.90. The van der Waals surface area contributed by atoms with Gasteiger partial charge in [0.2, 0.25) is 0 Å². The van der Waals surface area contributed by atoms with Crippen molar-refractivity contribution in [2.45, 2.75) is 77.2 Å². The number of hydrogen-bond donors (Lipinski definition) is 3. The van der Waals surface area contributed by atoms with Gasteiger partial charge < -0.3 is 21.5 Å². The number of carbonyl (C=O) groups is 3. The van der Waals surface area contributed by atoms with E-state index in [9.17, 15) is 27.6 Å². The molecule has 1 atom stereocenters. The van der Waals surface area contributed by atoms with Gasteiger partial charge in [0.15, 0.2) is 17.6 Å². The standard InChI is InChI=1S/C23H28F3N7O4/c1-22(2)8-13-15(14(34)9-22)16(23(24,25)26)32-33(13)21-29-10-12(18(28)35)19(31-21)30-17(27)20(36)37-11-6-4-3-5-7-11/h10-11,17H,3-9,27H2,1-2H3,(H2,28,35)(H,29,30,31). The van der Waals surface area contributed by atoms with Gasteiger partial charge in [0.05, 0.1) is 16.8 Å². The SMILES string of the molecule is CC1(C)CC(=O)c2c(C(F)(F)F)nn(-c3ncc(C(N)=O)c(NC(N)C(=O)OC4CCCCC4)n3)c2C1. The second kappa shape index (κ2) is 9.72. The number of nitrogens with two attached hydrogens (primary N) is 2. The first kappa shape index (κ1) is 26.5. The Labute approximate surface area is 210 Å². The van der Waals surface area contributed by atoms with Gasteiger partial charge in [0.25, 0.3) is 11.9 Å². The molecule has 2 aliphatic rings. The fourth-order valence-electron chi connectivity index (χ4n) is 4.70. The van der Waals surface area contributed by atoms with Crippen molar-refractivity contribution < 1.29 is 32.3 Å². The van der Waals surface area contributed by atoms with Crippen molar-refractivity contribution in [2.75, 3.05) is 5.32 Å². The molecule has 37 heavy (non-hydrogen) atoms. The lowest BCUT2D eigenvalue weighted by molar-refractivity contribution is -0.151. The fourth-order valence-corrected chi connectivity index (χ4v) is 4.70. The summed E-state index contributed by atoms with van der Waals surface area (Å²) in [5, 5.41) is 6.19. The third-order valence-electron chi connectivity index (χ3n) is 6.43. The van der Waals surface area contributed by atoms with Crippen LogP contribution in [0.2, 0.25) is 0 Å². The Morgan fingerprint density at radius 1 is 1.22 bits per heavy atom. The van der Waals surface area contributed by atoms with Gasteiger partial charge in [-0.15, -0.1) is 0 Å². The molecule has 2 aliphatic carbocycles. The second-order valence-electron chi connectivity index (χ2n) is 10.1. The lowest BCUT2D eigenvalue weighted by Gasteiger charge is -2.29. The Balaban J connectivity index is 1.71. The molecule has 5 N–H and O–H groups in total. The van der Waals surface area contributed by atoms with E-state index < -0.39 is 46.7 Å². The topological polar surface area (TPSA) is 168 Å². The number of hydrogen-bond acceptors (Lipinski definition) is 9. The van der Waals surface area contributed by atoms with Gasteiger partial charge in [-0.1, -0.05) is 20.3 Å². The molecule has 2 aromatic rings. The molecule has 1 amide bonds. The number of anilines is 1. The highest BCUT2D eigenvalue weighted by Gasteiger charge is 2.45. The van der Waals surface area contributed by atoms with Crippen LogP contribution in [0.25, 0.3) is 5.95 Å². The number of nitrogens with zero attached hydrogens (tertiary/aromatic N) is 4. The minimum absolute atomic E-state index is 0.00708. The summed E-state index contributed by atoms with van der Waals surface area (Å²) in [6.45, 7) is 3.50. The molecule has 2 heterocycles. The molecule has 0 spiro atoms. The lowest BCUT2D eigenvalue weighted by atomic mass is 9.75. The highest BCUT2D eigenvalue weighted by atomic mass is 19.4. The highest BCUT2D eigenvalue weighted by molar-refractivity contribution is 6.00. The van der Waals surface area contributed by atoms with Crippen LogP contribution in [0, 0.1) is 5.41 Å². The van der Waals surface area contributed by atoms with Gasteiger partial charge >= 0.3 is 12.1 Å². The van der Waals surface area contributed by atoms with Crippen LogP contribution in [-0.4, -0.2) is 49.7 Å². The molecule has 11 nitrogen and oxygen atoms in total. The van der Waals surface area contributed by atoms with Gasteiger partial charge in [-0.2, -0.15) is 23.3 Å². The van der Waals surface area contributed by atoms with E-state index in [4.69, 9.17) is 16.2 Å². The van der Waals surface area contributed by atoms with E-state index in [2.05, 4.69) is 20.4 Å². The summed E-state index contributed by atoms with van der Waals surface area (Å²) in [5.74, 6) is -3.09. The lowest BCUT2D eigenvalue weighted by Crippen LogP contribution is -2.42. The number of Topliss-reactive ketones (excluding diaryl/α,β-unsaturated/α-hetero) is 1. The monoisotopic (exact) mass is 523 g/mol. The van der Waals surface area contributed by atoms with E-state index in [-0.39, 0.29) is 42.0 Å². The summed E-state index contributed by atoms with van der Waals surface area (Å²) in [4.78, 5) is 45.2. The molecule has 14 heteroatoms. The third-order valence-corrected chi connectivity index (χ3v) is 6.43. The zero-order chi connectivity index (χ0) is 27.1. The van der Waals surface area contributed by atoms with E-state index in [1.165, 1.54) is 0 Å². The first-order valence-corrected chi connectivity index (χ1v) is 11.9. The predicted octanol–water partition coefficient (Wildman–Crippen LogP) is 2.51. The number of carbonyl (C=O) groups excluding carboxylic acids is 3. The number of rotatable bonds is 6. The van der Waals surface area contributed by atoms with Crippen molar-refractivity contribution in [1.29, 1.82) is 0 Å². The quantitative estimate of drug-likeness (QED) is 0.380. The number of halogens is 3. The summed E-state index contributed by atoms with van der Waals surface area (Å²) in [7, 11) is 0. The Bertz CT molecular complexity index is 1240. The van der Waals surface area contributed by atoms with E-state index in [1.54, 1.807) is 13.8 Å². The molecular formula is C23H28F3N7O4. The van der Waals surface area contributed by atoms with Crippen molar-refractivity contribution in [3.8, 4) is 5.95 Å². The Hall–Kier alpha value is -3.55. The molecule has 1 unspecified atom stereocenters. The molecule has 0 saturated heterocycles. The van der Waals surface area contributed by atoms with Crippen LogP contribution < -0.4 is 16.8 Å². The van der Waals surface area contributed by atoms with Gasteiger partial charge in [0.1, 0.15) is 11.9 Å². The van der Waals surface area contributed by atoms with Crippen molar-refractivity contribution in [3.63, 3.8) is 0 Å². The zero-order valence-corrected chi connectivity index (χ0v) is 20.4. The molecule has 2 aromatic heterocycles. The number of ketones is 1. The van der Waals surface area contributed by atoms with Crippen LogP contribution in [-0.2, 0) is 22.1 Å². The van der Waals surface area contributed by atoms with Gasteiger partial charge in [-0.3, -0.25) is 9.59 Å². The minimum Gasteiger partial charge on any atom is -0.460 e. The molecule has 0 bridgehead atoms. The van der Waals surface area contributed by atoms with Crippen molar-refractivity contribution in [1.82, 2.24) is 19.7 Å². The Morgan fingerprint density at radius 3 is 2.51 bits per heavy atom. The molecular weight excluding hydrogens is 495 g/mol. The van der Waals surface area contributed by atoms with E-state index in [0.29, 0.717) is 12.8 Å². The largest absolute Gasteiger partial charge is 0.460 e. The number of ether oxygens (including phenoxy) is 1. The summed E-state index contributed by atoms with van der Waals surface area (Å²) in [6, 6.07) is 0. The van der Waals surface area contributed by atoms with Crippen molar-refractivity contribution in [2.24, 2.45) is 16.9 Å². The maximum atomic E-state index is 13.8. The van der Waals surface area contributed by atoms with Crippen LogP contribution in [0.4, 0.5) is 19.0 Å². The first-order chi connectivity index (χ1) is 17.3. The average molecular weight is 524 g/mol. The fraction of sp³-hybridized carbons (Fsp3) is 0.565. The smallest absolute Gasteiger partial charge is 0.435 e. The van der Waals surface area contributed by atoms with Crippen molar-refractivity contribution in [3.05, 3.63) is 28.7 Å². The van der Waals surface area contributed by atoms with E-state index in [0.717, 1.165) is 30.1 Å². The van der Waals surface area contributed by atoms with Gasteiger partial charge in [-0.25, -0.2) is 14.5 Å². The van der Waals surface area contributed by atoms with Crippen molar-refractivity contribution >= 4 is 23.5 Å². The Kier molecular flexibility index (Phi) is 6.97.